The van der Waals surface area contributed by atoms with Crippen LogP contribution in [0.1, 0.15) is 27.7 Å². The Labute approximate surface area is 79.4 Å². The molecule has 0 aliphatic rings. The molecule has 0 aliphatic carbocycles. The lowest BCUT2D eigenvalue weighted by atomic mass is 10.1. The van der Waals surface area contributed by atoms with Crippen LogP contribution in [0.25, 0.3) is 0 Å². The van der Waals surface area contributed by atoms with Gasteiger partial charge in [-0.05, 0) is 12.8 Å². The second kappa shape index (κ2) is 6.36. The van der Waals surface area contributed by atoms with E-state index in [0.717, 1.165) is 0 Å². The van der Waals surface area contributed by atoms with E-state index in [1.807, 2.05) is 20.8 Å². The van der Waals surface area contributed by atoms with E-state index in [0.29, 0.717) is 6.61 Å². The Morgan fingerprint density at radius 1 is 1.46 bits per heavy atom. The van der Waals surface area contributed by atoms with Crippen LogP contribution < -0.4 is 0 Å². The van der Waals surface area contributed by atoms with Crippen molar-refractivity contribution in [1.29, 1.82) is 0 Å². The van der Waals surface area contributed by atoms with Crippen molar-refractivity contribution < 1.29 is 14.3 Å². The molecule has 0 aromatic rings. The molecule has 0 bridgehead atoms. The average Bonchev–Trinajstić information content (AvgIpc) is 2.02. The molecule has 3 heteroatoms. The monoisotopic (exact) mass is 184 g/mol. The lowest BCUT2D eigenvalue weighted by Gasteiger charge is -2.13. The number of carbonyl (C=O) groups excluding carboxylic acids is 1. The molecular formula is C10H16O3. The van der Waals surface area contributed by atoms with E-state index < -0.39 is 0 Å². The minimum atomic E-state index is -0.371. The first kappa shape index (κ1) is 11.8. The van der Waals surface area contributed by atoms with Gasteiger partial charge in [0.05, 0.1) is 6.61 Å². The molecule has 0 fully saturated rings. The van der Waals surface area contributed by atoms with E-state index in [1.54, 1.807) is 0 Å². The van der Waals surface area contributed by atoms with Crippen molar-refractivity contribution in [3.8, 4) is 12.0 Å². The Hall–Kier alpha value is -1.17. The Balaban J connectivity index is 4.12. The zero-order valence-electron chi connectivity index (χ0n) is 8.59. The molecule has 0 rings (SSSR count). The number of carbonyl (C=O) groups is 1. The molecule has 0 N–H and O–H groups in total. The molecular weight excluding hydrogens is 168 g/mol. The first-order chi connectivity index (χ1) is 6.07. The third-order valence-electron chi connectivity index (χ3n) is 1.32. The van der Waals surface area contributed by atoms with Crippen molar-refractivity contribution in [3.05, 3.63) is 0 Å². The number of hydrogen-bond acceptors (Lipinski definition) is 3. The largest absolute Gasteiger partial charge is 0.449 e. The lowest BCUT2D eigenvalue weighted by molar-refractivity contribution is -0.145. The summed E-state index contributed by atoms with van der Waals surface area (Å²) in [4.78, 5) is 10.7. The topological polar surface area (TPSA) is 35.5 Å². The fraction of sp³-hybridized carbons (Fsp3) is 0.700. The summed E-state index contributed by atoms with van der Waals surface area (Å²) >= 11 is 0. The minimum Gasteiger partial charge on any atom is -0.449 e. The van der Waals surface area contributed by atoms with Crippen LogP contribution in [0.3, 0.4) is 0 Å². The van der Waals surface area contributed by atoms with Crippen LogP contribution in [0, 0.1) is 17.9 Å². The van der Waals surface area contributed by atoms with Crippen molar-refractivity contribution in [2.75, 3.05) is 6.61 Å². The second-order valence-corrected chi connectivity index (χ2v) is 2.95. The number of esters is 1. The highest BCUT2D eigenvalue weighted by atomic mass is 16.5. The zero-order valence-corrected chi connectivity index (χ0v) is 8.59. The molecule has 0 aliphatic heterocycles. The molecule has 0 amide bonds. The summed E-state index contributed by atoms with van der Waals surface area (Å²) in [5, 5.41) is 0. The SMILES string of the molecule is CCOC#CC(OC(C)=O)C(C)C. The molecule has 13 heavy (non-hydrogen) atoms. The number of rotatable bonds is 3. The summed E-state index contributed by atoms with van der Waals surface area (Å²) in [5.41, 5.74) is 0. The smallest absolute Gasteiger partial charge is 0.303 e. The van der Waals surface area contributed by atoms with E-state index in [2.05, 4.69) is 12.0 Å². The Morgan fingerprint density at radius 3 is 2.46 bits per heavy atom. The van der Waals surface area contributed by atoms with Gasteiger partial charge < -0.3 is 9.47 Å². The van der Waals surface area contributed by atoms with Crippen molar-refractivity contribution in [2.24, 2.45) is 5.92 Å². The van der Waals surface area contributed by atoms with Crippen LogP contribution in [-0.4, -0.2) is 18.7 Å². The van der Waals surface area contributed by atoms with Crippen molar-refractivity contribution in [3.63, 3.8) is 0 Å². The van der Waals surface area contributed by atoms with Gasteiger partial charge >= 0.3 is 5.97 Å². The highest BCUT2D eigenvalue weighted by Gasteiger charge is 2.13. The quantitative estimate of drug-likeness (QED) is 0.493. The molecule has 1 unspecified atom stereocenters. The van der Waals surface area contributed by atoms with Gasteiger partial charge in [-0.25, -0.2) is 0 Å². The van der Waals surface area contributed by atoms with Gasteiger partial charge in [-0.15, -0.1) is 0 Å². The summed E-state index contributed by atoms with van der Waals surface area (Å²) in [5.74, 6) is 2.60. The highest BCUT2D eigenvalue weighted by Crippen LogP contribution is 2.05. The van der Waals surface area contributed by atoms with E-state index in [-0.39, 0.29) is 18.0 Å². The van der Waals surface area contributed by atoms with E-state index in [9.17, 15) is 4.79 Å². The fourth-order valence-electron chi connectivity index (χ4n) is 0.683. The summed E-state index contributed by atoms with van der Waals surface area (Å²) in [6, 6.07) is 0. The molecule has 0 saturated carbocycles. The molecule has 0 aromatic heterocycles. The zero-order chi connectivity index (χ0) is 10.3. The maximum Gasteiger partial charge on any atom is 0.303 e. The molecule has 1 atom stereocenters. The van der Waals surface area contributed by atoms with Gasteiger partial charge in [0.2, 0.25) is 0 Å². The van der Waals surface area contributed by atoms with Gasteiger partial charge in [0.1, 0.15) is 6.11 Å². The third-order valence-corrected chi connectivity index (χ3v) is 1.32. The summed E-state index contributed by atoms with van der Waals surface area (Å²) < 4.78 is 9.81. The Kier molecular flexibility index (Phi) is 5.79. The average molecular weight is 184 g/mol. The normalized spacial score (nSPS) is 11.5. The van der Waals surface area contributed by atoms with Gasteiger partial charge in [0.15, 0.2) is 6.10 Å². The standard InChI is InChI=1S/C10H16O3/c1-5-12-7-6-10(8(2)3)13-9(4)11/h8,10H,5H2,1-4H3. The van der Waals surface area contributed by atoms with Crippen molar-refractivity contribution in [1.82, 2.24) is 0 Å². The lowest BCUT2D eigenvalue weighted by Crippen LogP contribution is -2.20. The summed E-state index contributed by atoms with van der Waals surface area (Å²) in [6.07, 6.45) is 2.12. The van der Waals surface area contributed by atoms with Crippen LogP contribution in [-0.2, 0) is 14.3 Å². The first-order valence-corrected chi connectivity index (χ1v) is 4.37. The molecule has 0 saturated heterocycles. The number of ether oxygens (including phenoxy) is 2. The van der Waals surface area contributed by atoms with Crippen LogP contribution in [0.15, 0.2) is 0 Å². The molecule has 0 heterocycles. The van der Waals surface area contributed by atoms with Gasteiger partial charge in [0.25, 0.3) is 0 Å². The van der Waals surface area contributed by atoms with Gasteiger partial charge in [-0.1, -0.05) is 13.8 Å². The van der Waals surface area contributed by atoms with Crippen LogP contribution in [0.5, 0.6) is 0 Å². The second-order valence-electron chi connectivity index (χ2n) is 2.95. The summed E-state index contributed by atoms with van der Waals surface area (Å²) in [7, 11) is 0. The number of hydrogen-bond donors (Lipinski definition) is 0. The Morgan fingerprint density at radius 2 is 2.08 bits per heavy atom. The van der Waals surface area contributed by atoms with Gasteiger partial charge in [-0.2, -0.15) is 0 Å². The maximum absolute atomic E-state index is 10.7. The molecule has 0 spiro atoms. The minimum absolute atomic E-state index is 0.178. The molecule has 0 aromatic carbocycles. The van der Waals surface area contributed by atoms with E-state index in [1.165, 1.54) is 6.92 Å². The van der Waals surface area contributed by atoms with Crippen LogP contribution >= 0.6 is 0 Å². The predicted octanol–water partition coefficient (Wildman–Crippen LogP) is 1.57. The Bertz CT molecular complexity index is 210. The first-order valence-electron chi connectivity index (χ1n) is 4.37. The highest BCUT2D eigenvalue weighted by molar-refractivity contribution is 5.66. The van der Waals surface area contributed by atoms with Crippen LogP contribution in [0.2, 0.25) is 0 Å². The molecule has 0 radical (unpaired) electrons. The van der Waals surface area contributed by atoms with Gasteiger partial charge in [0, 0.05) is 12.8 Å². The van der Waals surface area contributed by atoms with Crippen molar-refractivity contribution >= 4 is 5.97 Å². The molecule has 3 nitrogen and oxygen atoms in total. The van der Waals surface area contributed by atoms with E-state index >= 15 is 0 Å². The third kappa shape index (κ3) is 6.03. The maximum atomic E-state index is 10.7. The van der Waals surface area contributed by atoms with Crippen molar-refractivity contribution in [2.45, 2.75) is 33.8 Å². The summed E-state index contributed by atoms with van der Waals surface area (Å²) in [6.45, 7) is 7.64. The predicted molar refractivity (Wildman–Crippen MR) is 49.8 cm³/mol. The molecule has 74 valence electrons. The van der Waals surface area contributed by atoms with Crippen LogP contribution in [0.4, 0.5) is 0 Å². The van der Waals surface area contributed by atoms with Gasteiger partial charge in [-0.3, -0.25) is 4.79 Å². The van der Waals surface area contributed by atoms with E-state index in [4.69, 9.17) is 9.47 Å². The fourth-order valence-corrected chi connectivity index (χ4v) is 0.683.